The third-order valence-corrected chi connectivity index (χ3v) is 5.04. The largest absolute Gasteiger partial charge is 0.455 e. The Hall–Kier alpha value is -4.01. The van der Waals surface area contributed by atoms with E-state index in [4.69, 9.17) is 9.47 Å². The highest BCUT2D eigenvalue weighted by Gasteiger charge is 2.35. The quantitative estimate of drug-likeness (QED) is 0.278. The predicted octanol–water partition coefficient (Wildman–Crippen LogP) is 2.33. The highest BCUT2D eigenvalue weighted by molar-refractivity contribution is 6.63. The molecule has 0 spiro atoms. The summed E-state index contributed by atoms with van der Waals surface area (Å²) in [5, 5.41) is 4.70. The van der Waals surface area contributed by atoms with Crippen molar-refractivity contribution in [2.75, 3.05) is 6.54 Å². The molecule has 0 aliphatic rings. The van der Waals surface area contributed by atoms with Crippen molar-refractivity contribution in [2.45, 2.75) is 39.5 Å². The van der Waals surface area contributed by atoms with Gasteiger partial charge in [0.05, 0.1) is 6.04 Å². The molecule has 0 saturated heterocycles. The van der Waals surface area contributed by atoms with Gasteiger partial charge in [0, 0.05) is 0 Å². The van der Waals surface area contributed by atoms with Gasteiger partial charge < -0.3 is 20.1 Å². The molecule has 0 radical (unpaired) electrons. The van der Waals surface area contributed by atoms with Gasteiger partial charge in [-0.2, -0.15) is 0 Å². The summed E-state index contributed by atoms with van der Waals surface area (Å²) in [6.45, 7) is 2.83. The molecule has 0 heterocycles. The molecule has 2 aromatic rings. The van der Waals surface area contributed by atoms with Crippen LogP contribution < -0.4 is 10.6 Å². The summed E-state index contributed by atoms with van der Waals surface area (Å²) >= 11 is 0. The van der Waals surface area contributed by atoms with Gasteiger partial charge in [-0.05, 0) is 17.0 Å². The van der Waals surface area contributed by atoms with E-state index in [1.165, 1.54) is 0 Å². The Morgan fingerprint density at radius 2 is 1.35 bits per heavy atom. The molecule has 0 aliphatic carbocycles. The minimum Gasteiger partial charge on any atom is -0.455 e. The SMILES string of the molecule is CC[C@H](C)[C@H](NC(=O)CNC(=O)OCc1ccccc1)C(=O)C(=O)C(=O)OCc1ccccc1. The molecule has 0 fully saturated rings. The van der Waals surface area contributed by atoms with Crippen molar-refractivity contribution >= 4 is 29.5 Å². The van der Waals surface area contributed by atoms with Gasteiger partial charge in [-0.15, -0.1) is 0 Å². The molecular formula is C25H28N2O7. The van der Waals surface area contributed by atoms with Crippen LogP contribution in [0.1, 0.15) is 31.4 Å². The molecule has 0 saturated carbocycles. The molecule has 2 amide bonds. The number of Topliss-reactive ketones (excluding diaryl/α,β-unsaturated/α-hetero) is 2. The fraction of sp³-hybridized carbons (Fsp3) is 0.320. The lowest BCUT2D eigenvalue weighted by Gasteiger charge is -2.22. The number of esters is 1. The number of alkyl carbamates (subject to hydrolysis) is 1. The predicted molar refractivity (Wildman–Crippen MR) is 122 cm³/mol. The van der Waals surface area contributed by atoms with Crippen LogP contribution in [-0.4, -0.2) is 42.1 Å². The van der Waals surface area contributed by atoms with Gasteiger partial charge in [-0.3, -0.25) is 14.4 Å². The molecule has 9 nitrogen and oxygen atoms in total. The molecule has 34 heavy (non-hydrogen) atoms. The normalized spacial score (nSPS) is 12.1. The minimum atomic E-state index is -1.35. The average Bonchev–Trinajstić information content (AvgIpc) is 2.87. The zero-order valence-electron chi connectivity index (χ0n) is 19.1. The van der Waals surface area contributed by atoms with Crippen LogP contribution in [0.3, 0.4) is 0 Å². The highest BCUT2D eigenvalue weighted by atomic mass is 16.5. The summed E-state index contributed by atoms with van der Waals surface area (Å²) in [6, 6.07) is 16.5. The number of carbonyl (C=O) groups is 5. The first-order valence-corrected chi connectivity index (χ1v) is 10.8. The number of amides is 2. The Morgan fingerprint density at radius 1 is 0.824 bits per heavy atom. The molecule has 0 unspecified atom stereocenters. The lowest BCUT2D eigenvalue weighted by molar-refractivity contribution is -0.158. The second-order valence-corrected chi connectivity index (χ2v) is 7.60. The summed E-state index contributed by atoms with van der Waals surface area (Å²) in [5.74, 6) is -4.86. The summed E-state index contributed by atoms with van der Waals surface area (Å²) in [5.41, 5.74) is 1.44. The van der Waals surface area contributed by atoms with Crippen LogP contribution in [0.4, 0.5) is 4.79 Å². The number of benzene rings is 2. The van der Waals surface area contributed by atoms with E-state index < -0.39 is 48.0 Å². The lowest BCUT2D eigenvalue weighted by Crippen LogP contribution is -2.51. The third kappa shape index (κ3) is 8.50. The van der Waals surface area contributed by atoms with E-state index >= 15 is 0 Å². The summed E-state index contributed by atoms with van der Waals surface area (Å²) in [7, 11) is 0. The maximum atomic E-state index is 12.7. The zero-order valence-corrected chi connectivity index (χ0v) is 19.1. The average molecular weight is 469 g/mol. The number of hydrogen-bond acceptors (Lipinski definition) is 7. The monoisotopic (exact) mass is 468 g/mol. The van der Waals surface area contributed by atoms with Gasteiger partial charge >= 0.3 is 17.8 Å². The van der Waals surface area contributed by atoms with Gasteiger partial charge in [0.1, 0.15) is 19.8 Å². The smallest absolute Gasteiger partial charge is 0.407 e. The Morgan fingerprint density at radius 3 is 1.88 bits per heavy atom. The molecule has 2 atom stereocenters. The van der Waals surface area contributed by atoms with Gasteiger partial charge in [0.2, 0.25) is 11.7 Å². The standard InChI is InChI=1S/C25H28N2O7/c1-3-17(2)21(22(29)23(30)24(31)33-15-18-10-6-4-7-11-18)27-20(28)14-26-25(32)34-16-19-12-8-5-9-13-19/h4-13,17,21H,3,14-16H2,1-2H3,(H,26,32)(H,27,28)/t17-,21-/m0/s1. The lowest BCUT2D eigenvalue weighted by atomic mass is 9.93. The molecule has 0 aliphatic heterocycles. The van der Waals surface area contributed by atoms with Gasteiger partial charge in [-0.25, -0.2) is 9.59 Å². The number of ketones is 2. The molecule has 2 N–H and O–H groups in total. The number of ether oxygens (including phenoxy) is 2. The molecule has 2 rings (SSSR count). The molecule has 0 bridgehead atoms. The molecular weight excluding hydrogens is 440 g/mol. The maximum absolute atomic E-state index is 12.7. The summed E-state index contributed by atoms with van der Waals surface area (Å²) < 4.78 is 9.95. The van der Waals surface area contributed by atoms with Crippen LogP contribution in [0.2, 0.25) is 0 Å². The summed E-state index contributed by atoms with van der Waals surface area (Å²) in [4.78, 5) is 61.2. The van der Waals surface area contributed by atoms with E-state index in [1.807, 2.05) is 6.07 Å². The van der Waals surface area contributed by atoms with Crippen LogP contribution in [0, 0.1) is 5.92 Å². The fourth-order valence-electron chi connectivity index (χ4n) is 2.88. The van der Waals surface area contributed by atoms with Crippen LogP contribution >= 0.6 is 0 Å². The van der Waals surface area contributed by atoms with Crippen molar-refractivity contribution < 1.29 is 33.4 Å². The van der Waals surface area contributed by atoms with E-state index in [-0.39, 0.29) is 13.2 Å². The fourth-order valence-corrected chi connectivity index (χ4v) is 2.88. The van der Waals surface area contributed by atoms with E-state index in [0.29, 0.717) is 12.0 Å². The highest BCUT2D eigenvalue weighted by Crippen LogP contribution is 2.10. The Kier molecular flexibility index (Phi) is 10.4. The van der Waals surface area contributed by atoms with Crippen molar-refractivity contribution in [3.8, 4) is 0 Å². The van der Waals surface area contributed by atoms with Crippen LogP contribution in [-0.2, 0) is 41.9 Å². The molecule has 180 valence electrons. The third-order valence-electron chi connectivity index (χ3n) is 5.04. The van der Waals surface area contributed by atoms with E-state index in [0.717, 1.165) is 5.56 Å². The number of rotatable bonds is 12. The van der Waals surface area contributed by atoms with Crippen molar-refractivity contribution in [3.05, 3.63) is 71.8 Å². The van der Waals surface area contributed by atoms with Gasteiger partial charge in [-0.1, -0.05) is 80.9 Å². The first kappa shape index (κ1) is 26.2. The van der Waals surface area contributed by atoms with Crippen LogP contribution in [0.5, 0.6) is 0 Å². The van der Waals surface area contributed by atoms with Crippen molar-refractivity contribution in [1.29, 1.82) is 0 Å². The maximum Gasteiger partial charge on any atom is 0.407 e. The molecule has 0 aromatic heterocycles. The molecule has 2 aromatic carbocycles. The number of hydrogen-bond donors (Lipinski definition) is 2. The second-order valence-electron chi connectivity index (χ2n) is 7.60. The van der Waals surface area contributed by atoms with E-state index in [9.17, 15) is 24.0 Å². The Bertz CT molecular complexity index is 993. The van der Waals surface area contributed by atoms with Crippen molar-refractivity contribution in [2.24, 2.45) is 5.92 Å². The van der Waals surface area contributed by atoms with Gasteiger partial charge in [0.15, 0.2) is 0 Å². The van der Waals surface area contributed by atoms with Crippen molar-refractivity contribution in [3.63, 3.8) is 0 Å². The first-order valence-electron chi connectivity index (χ1n) is 10.8. The van der Waals surface area contributed by atoms with Crippen molar-refractivity contribution in [1.82, 2.24) is 10.6 Å². The van der Waals surface area contributed by atoms with Crippen LogP contribution in [0.15, 0.2) is 60.7 Å². The van der Waals surface area contributed by atoms with Gasteiger partial charge in [0.25, 0.3) is 0 Å². The number of carbonyl (C=O) groups excluding carboxylic acids is 5. The second kappa shape index (κ2) is 13.5. The van der Waals surface area contributed by atoms with E-state index in [2.05, 4.69) is 10.6 Å². The number of nitrogens with one attached hydrogen (secondary N) is 2. The Labute approximate surface area is 197 Å². The zero-order chi connectivity index (χ0) is 24.9. The summed E-state index contributed by atoms with van der Waals surface area (Å²) in [6.07, 6.45) is -0.360. The minimum absolute atomic E-state index is 0.0296. The van der Waals surface area contributed by atoms with E-state index in [1.54, 1.807) is 68.4 Å². The van der Waals surface area contributed by atoms with Crippen LogP contribution in [0.25, 0.3) is 0 Å². The first-order chi connectivity index (χ1) is 16.3. The Balaban J connectivity index is 1.86. The topological polar surface area (TPSA) is 128 Å². The molecule has 9 heteroatoms.